The molecule has 0 bridgehead atoms. The first-order valence-electron chi connectivity index (χ1n) is 6.78. The van der Waals surface area contributed by atoms with Gasteiger partial charge in [0.15, 0.2) is 0 Å². The number of carbonyl (C=O) groups is 1. The van der Waals surface area contributed by atoms with Gasteiger partial charge in [0.2, 0.25) is 0 Å². The van der Waals surface area contributed by atoms with E-state index in [0.717, 1.165) is 6.92 Å². The molecule has 0 saturated heterocycles. The maximum Gasteiger partial charge on any atom is 0.384 e. The van der Waals surface area contributed by atoms with Crippen LogP contribution >= 0.6 is 11.6 Å². The fourth-order valence-corrected chi connectivity index (χ4v) is 1.59. The second kappa shape index (κ2) is 8.71. The molecule has 0 aromatic rings. The Morgan fingerprint density at radius 3 is 1.71 bits per heavy atom. The van der Waals surface area contributed by atoms with Crippen LogP contribution in [0, 0.1) is 0 Å². The molecule has 0 spiro atoms. The Balaban J connectivity index is 5.39. The monoisotopic (exact) mass is 466 g/mol. The molecule has 168 valence electrons. The van der Waals surface area contributed by atoms with Crippen LogP contribution in [0.4, 0.5) is 52.7 Å². The third kappa shape index (κ3) is 5.07. The molecule has 0 fully saturated rings. The van der Waals surface area contributed by atoms with Crippen molar-refractivity contribution in [3.63, 3.8) is 0 Å². The first-order valence-corrected chi connectivity index (χ1v) is 7.21. The van der Waals surface area contributed by atoms with Gasteiger partial charge in [0.1, 0.15) is 13.2 Å². The van der Waals surface area contributed by atoms with Crippen LogP contribution in [0.25, 0.3) is 0 Å². The highest BCUT2D eigenvalue weighted by atomic mass is 35.5. The number of carbonyl (C=O) groups excluding carboxylic acids is 1. The molecule has 0 aromatic heterocycles. The molecule has 16 heteroatoms. The van der Waals surface area contributed by atoms with Crippen molar-refractivity contribution in [1.82, 2.24) is 0 Å². The van der Waals surface area contributed by atoms with E-state index in [-0.39, 0.29) is 0 Å². The average Bonchev–Trinajstić information content (AvgIpc) is 2.51. The van der Waals surface area contributed by atoms with E-state index in [4.69, 9.17) is 11.6 Å². The molecule has 0 saturated carbocycles. The van der Waals surface area contributed by atoms with Crippen LogP contribution in [-0.2, 0) is 14.3 Å². The lowest BCUT2D eigenvalue weighted by Crippen LogP contribution is -2.69. The summed E-state index contributed by atoms with van der Waals surface area (Å²) < 4.78 is 163. The summed E-state index contributed by atoms with van der Waals surface area (Å²) in [6.07, 6.45) is -5.56. The van der Waals surface area contributed by atoms with Gasteiger partial charge < -0.3 is 9.47 Å². The van der Waals surface area contributed by atoms with Crippen molar-refractivity contribution in [2.45, 2.75) is 48.3 Å². The zero-order chi connectivity index (χ0) is 22.8. The Morgan fingerprint density at radius 1 is 0.857 bits per heavy atom. The van der Waals surface area contributed by atoms with Crippen LogP contribution in [0.5, 0.6) is 0 Å². The first kappa shape index (κ1) is 26.9. The number of rotatable bonds is 11. The standard InChI is InChI=1S/C12H11ClF12O3/c1-5(26)28-3-6(13)2-27-4-8(16,17)10(20,21)12(24,25)11(22,23)9(18,19)7(14)15/h6-7H,2-4H2,1H3. The molecule has 1 atom stereocenters. The third-order valence-electron chi connectivity index (χ3n) is 2.99. The van der Waals surface area contributed by atoms with Gasteiger partial charge in [0.25, 0.3) is 0 Å². The van der Waals surface area contributed by atoms with Gasteiger partial charge >= 0.3 is 42.0 Å². The number of halogens is 13. The fourth-order valence-electron chi connectivity index (χ4n) is 1.43. The normalized spacial score (nSPS) is 15.7. The van der Waals surface area contributed by atoms with Crippen LogP contribution in [0.15, 0.2) is 0 Å². The van der Waals surface area contributed by atoms with Crippen molar-refractivity contribution in [2.75, 3.05) is 19.8 Å². The van der Waals surface area contributed by atoms with E-state index in [1.54, 1.807) is 0 Å². The molecule has 0 amide bonds. The lowest BCUT2D eigenvalue weighted by molar-refractivity contribution is -0.415. The summed E-state index contributed by atoms with van der Waals surface area (Å²) in [5, 5.41) is -1.46. The van der Waals surface area contributed by atoms with Crippen molar-refractivity contribution >= 4 is 17.6 Å². The molecule has 0 aromatic carbocycles. The minimum atomic E-state index is -7.61. The van der Waals surface area contributed by atoms with Crippen LogP contribution in [0.2, 0.25) is 0 Å². The summed E-state index contributed by atoms with van der Waals surface area (Å²) in [7, 11) is 0. The van der Waals surface area contributed by atoms with Crippen molar-refractivity contribution < 1.29 is 67.0 Å². The number of ether oxygens (including phenoxy) is 2. The van der Waals surface area contributed by atoms with E-state index >= 15 is 0 Å². The molecule has 0 aliphatic heterocycles. The fraction of sp³-hybridized carbons (Fsp3) is 0.917. The van der Waals surface area contributed by atoms with Crippen LogP contribution < -0.4 is 0 Å². The van der Waals surface area contributed by atoms with Crippen molar-refractivity contribution in [2.24, 2.45) is 0 Å². The highest BCUT2D eigenvalue weighted by Crippen LogP contribution is 2.58. The molecule has 3 nitrogen and oxygen atoms in total. The largest absolute Gasteiger partial charge is 0.464 e. The highest BCUT2D eigenvalue weighted by Gasteiger charge is 2.87. The first-order chi connectivity index (χ1) is 12.3. The highest BCUT2D eigenvalue weighted by molar-refractivity contribution is 6.20. The van der Waals surface area contributed by atoms with E-state index in [9.17, 15) is 57.5 Å². The minimum absolute atomic E-state index is 0.701. The zero-order valence-corrected chi connectivity index (χ0v) is 14.2. The molecule has 1 unspecified atom stereocenters. The molecule has 0 aliphatic rings. The van der Waals surface area contributed by atoms with Crippen LogP contribution in [0.3, 0.4) is 0 Å². The summed E-state index contributed by atoms with van der Waals surface area (Å²) in [6, 6.07) is 0. The Hall–Kier alpha value is -1.12. The predicted octanol–water partition coefficient (Wildman–Crippen LogP) is 4.62. The topological polar surface area (TPSA) is 35.5 Å². The van der Waals surface area contributed by atoms with E-state index in [1.807, 2.05) is 0 Å². The average molecular weight is 467 g/mol. The number of hydrogen-bond donors (Lipinski definition) is 0. The van der Waals surface area contributed by atoms with Crippen LogP contribution in [0.1, 0.15) is 6.92 Å². The van der Waals surface area contributed by atoms with E-state index in [1.165, 1.54) is 0 Å². The van der Waals surface area contributed by atoms with E-state index in [2.05, 4.69) is 9.47 Å². The Labute approximate surface area is 153 Å². The molecule has 28 heavy (non-hydrogen) atoms. The zero-order valence-electron chi connectivity index (χ0n) is 13.4. The van der Waals surface area contributed by atoms with Crippen LogP contribution in [-0.4, -0.2) is 67.2 Å². The Morgan fingerprint density at radius 2 is 1.32 bits per heavy atom. The Kier molecular flexibility index (Phi) is 8.36. The summed E-state index contributed by atoms with van der Waals surface area (Å²) >= 11 is 5.34. The SMILES string of the molecule is CC(=O)OCC(Cl)COCC(F)(F)C(F)(F)C(F)(F)C(F)(F)C(F)(F)C(F)F. The maximum atomic E-state index is 13.3. The predicted molar refractivity (Wildman–Crippen MR) is 67.8 cm³/mol. The molecule has 0 aliphatic carbocycles. The van der Waals surface area contributed by atoms with Gasteiger partial charge in [-0.1, -0.05) is 0 Å². The molecule has 0 N–H and O–H groups in total. The second-order valence-corrected chi connectivity index (χ2v) is 5.88. The lowest BCUT2D eigenvalue weighted by Gasteiger charge is -2.39. The summed E-state index contributed by atoms with van der Waals surface area (Å²) in [5.41, 5.74) is 0. The van der Waals surface area contributed by atoms with E-state index < -0.39 is 67.2 Å². The smallest absolute Gasteiger partial charge is 0.384 e. The van der Waals surface area contributed by atoms with Gasteiger partial charge in [0, 0.05) is 6.92 Å². The number of alkyl halides is 13. The maximum absolute atomic E-state index is 13.3. The molecular weight excluding hydrogens is 456 g/mol. The van der Waals surface area contributed by atoms with Crippen molar-refractivity contribution in [3.8, 4) is 0 Å². The number of hydrogen-bond acceptors (Lipinski definition) is 3. The molecule has 0 rings (SSSR count). The Bertz CT molecular complexity index is 540. The summed E-state index contributed by atoms with van der Waals surface area (Å²) in [4.78, 5) is 10.4. The van der Waals surface area contributed by atoms with Gasteiger partial charge in [0.05, 0.1) is 12.0 Å². The van der Waals surface area contributed by atoms with Gasteiger partial charge in [-0.2, -0.15) is 43.9 Å². The molecule has 0 radical (unpaired) electrons. The van der Waals surface area contributed by atoms with Gasteiger partial charge in [-0.05, 0) is 0 Å². The van der Waals surface area contributed by atoms with E-state index in [0.29, 0.717) is 0 Å². The quantitative estimate of drug-likeness (QED) is 0.253. The van der Waals surface area contributed by atoms with Gasteiger partial charge in [-0.25, -0.2) is 8.78 Å². The second-order valence-electron chi connectivity index (χ2n) is 5.27. The van der Waals surface area contributed by atoms with Crippen molar-refractivity contribution in [3.05, 3.63) is 0 Å². The molecule has 0 heterocycles. The number of esters is 1. The van der Waals surface area contributed by atoms with Crippen molar-refractivity contribution in [1.29, 1.82) is 0 Å². The minimum Gasteiger partial charge on any atom is -0.464 e. The summed E-state index contributed by atoms with van der Waals surface area (Å²) in [6.45, 7) is -3.67. The van der Waals surface area contributed by atoms with Gasteiger partial charge in [-0.15, -0.1) is 11.6 Å². The third-order valence-corrected chi connectivity index (χ3v) is 3.24. The molecular formula is C12H11ClF12O3. The van der Waals surface area contributed by atoms with Gasteiger partial charge in [-0.3, -0.25) is 4.79 Å². The summed E-state index contributed by atoms with van der Waals surface area (Å²) in [5.74, 6) is -36.6. The lowest BCUT2D eigenvalue weighted by atomic mass is 9.94.